The van der Waals surface area contributed by atoms with Gasteiger partial charge in [0.1, 0.15) is 0 Å². The molecule has 0 aromatic heterocycles. The Bertz CT molecular complexity index is 760. The van der Waals surface area contributed by atoms with Gasteiger partial charge < -0.3 is 5.32 Å². The number of hydrogen-bond donors (Lipinski definition) is 1. The Morgan fingerprint density at radius 3 is 2.33 bits per heavy atom. The van der Waals surface area contributed by atoms with Gasteiger partial charge in [0.15, 0.2) is 0 Å². The van der Waals surface area contributed by atoms with E-state index in [1.54, 1.807) is 6.07 Å². The van der Waals surface area contributed by atoms with Crippen molar-refractivity contribution >= 4 is 17.5 Å². The number of alkyl halides is 3. The molecule has 0 radical (unpaired) electrons. The summed E-state index contributed by atoms with van der Waals surface area (Å²) in [7, 11) is 0. The lowest BCUT2D eigenvalue weighted by molar-refractivity contribution is -0.137. The van der Waals surface area contributed by atoms with Crippen molar-refractivity contribution in [3.05, 3.63) is 70.2 Å². The molecule has 6 heteroatoms. The quantitative estimate of drug-likeness (QED) is 0.823. The summed E-state index contributed by atoms with van der Waals surface area (Å²) in [5, 5.41) is 3.33. The zero-order valence-electron chi connectivity index (χ0n) is 12.6. The first-order valence-corrected chi connectivity index (χ1v) is 7.97. The zero-order chi connectivity index (χ0) is 17.3. The van der Waals surface area contributed by atoms with Gasteiger partial charge in [-0.3, -0.25) is 4.79 Å². The molecule has 2 aromatic carbocycles. The predicted molar refractivity (Wildman–Crippen MR) is 86.1 cm³/mol. The maximum Gasteiger partial charge on any atom is 0.417 e. The fourth-order valence-corrected chi connectivity index (χ4v) is 3.27. The van der Waals surface area contributed by atoms with Crippen molar-refractivity contribution < 1.29 is 18.0 Å². The fraction of sp³-hybridized carbons (Fsp3) is 0.278. The van der Waals surface area contributed by atoms with Crippen molar-refractivity contribution in [1.29, 1.82) is 0 Å². The largest absolute Gasteiger partial charge is 0.417 e. The van der Waals surface area contributed by atoms with Crippen molar-refractivity contribution in [2.75, 3.05) is 0 Å². The zero-order valence-corrected chi connectivity index (χ0v) is 13.4. The van der Waals surface area contributed by atoms with Gasteiger partial charge in [-0.05, 0) is 36.6 Å². The molecule has 1 aliphatic carbocycles. The molecule has 1 aliphatic rings. The minimum atomic E-state index is -4.56. The molecular formula is C18H15ClF3NO. The summed E-state index contributed by atoms with van der Waals surface area (Å²) in [5.74, 6) is -0.676. The van der Waals surface area contributed by atoms with Crippen molar-refractivity contribution in [3.63, 3.8) is 0 Å². The van der Waals surface area contributed by atoms with Crippen LogP contribution < -0.4 is 5.32 Å². The monoisotopic (exact) mass is 353 g/mol. The van der Waals surface area contributed by atoms with E-state index >= 15 is 0 Å². The number of carbonyl (C=O) groups excluding carboxylic acids is 1. The van der Waals surface area contributed by atoms with Gasteiger partial charge in [-0.15, -0.1) is 0 Å². The number of carbonyl (C=O) groups is 1. The Morgan fingerprint density at radius 2 is 1.71 bits per heavy atom. The van der Waals surface area contributed by atoms with Crippen LogP contribution in [0.4, 0.5) is 13.2 Å². The van der Waals surface area contributed by atoms with E-state index in [1.807, 2.05) is 18.2 Å². The Labute approximate surface area is 142 Å². The highest BCUT2D eigenvalue weighted by molar-refractivity contribution is 6.31. The first kappa shape index (κ1) is 16.8. The van der Waals surface area contributed by atoms with Crippen LogP contribution in [0.2, 0.25) is 5.02 Å². The van der Waals surface area contributed by atoms with Gasteiger partial charge in [0.25, 0.3) is 5.91 Å². The summed E-state index contributed by atoms with van der Waals surface area (Å²) in [4.78, 5) is 12.3. The Balaban J connectivity index is 1.78. The van der Waals surface area contributed by atoms with Crippen molar-refractivity contribution in [2.24, 2.45) is 0 Å². The van der Waals surface area contributed by atoms with Gasteiger partial charge in [0, 0.05) is 17.0 Å². The molecule has 2 nitrogen and oxygen atoms in total. The van der Waals surface area contributed by atoms with Gasteiger partial charge in [-0.25, -0.2) is 0 Å². The summed E-state index contributed by atoms with van der Waals surface area (Å²) in [6, 6.07) is 11.9. The molecule has 126 valence electrons. The lowest BCUT2D eigenvalue weighted by atomic mass is 9.75. The third kappa shape index (κ3) is 3.26. The third-order valence-corrected chi connectivity index (χ3v) is 4.72. The summed E-state index contributed by atoms with van der Waals surface area (Å²) in [5.41, 5.74) is -0.356. The van der Waals surface area contributed by atoms with E-state index in [-0.39, 0.29) is 17.5 Å². The second-order valence-corrected chi connectivity index (χ2v) is 6.24. The van der Waals surface area contributed by atoms with E-state index in [0.29, 0.717) is 5.02 Å². The number of amides is 1. The number of nitrogens with one attached hydrogen (secondary N) is 1. The second-order valence-electron chi connectivity index (χ2n) is 5.83. The standard InChI is InChI=1S/C18H15ClF3NO/c19-15-8-4-2-5-11(15)12-9-10-16(12)23-17(24)13-6-1-3-7-14(13)18(20,21)22/h1-8,12,16H,9-10H2,(H,23,24)/t12-,16-/m1/s1. The lowest BCUT2D eigenvalue weighted by Gasteiger charge is -2.38. The molecule has 0 spiro atoms. The maximum atomic E-state index is 13.0. The molecule has 0 saturated heterocycles. The molecule has 0 bridgehead atoms. The average molecular weight is 354 g/mol. The highest BCUT2D eigenvalue weighted by Gasteiger charge is 2.38. The van der Waals surface area contributed by atoms with E-state index < -0.39 is 17.6 Å². The topological polar surface area (TPSA) is 29.1 Å². The van der Waals surface area contributed by atoms with Crippen LogP contribution in [-0.4, -0.2) is 11.9 Å². The van der Waals surface area contributed by atoms with E-state index in [2.05, 4.69) is 5.32 Å². The third-order valence-electron chi connectivity index (χ3n) is 4.37. The Kier molecular flexibility index (Phi) is 4.54. The van der Waals surface area contributed by atoms with Crippen LogP contribution in [0.25, 0.3) is 0 Å². The number of halogens is 4. The fourth-order valence-electron chi connectivity index (χ4n) is 3.00. The van der Waals surface area contributed by atoms with E-state index in [4.69, 9.17) is 11.6 Å². The Hall–Kier alpha value is -2.01. The molecule has 0 unspecified atom stereocenters. The van der Waals surface area contributed by atoms with E-state index in [0.717, 1.165) is 24.5 Å². The van der Waals surface area contributed by atoms with Crippen LogP contribution >= 0.6 is 11.6 Å². The smallest absolute Gasteiger partial charge is 0.349 e. The molecule has 3 rings (SSSR count). The van der Waals surface area contributed by atoms with Crippen LogP contribution in [0, 0.1) is 0 Å². The molecular weight excluding hydrogens is 339 g/mol. The predicted octanol–water partition coefficient (Wildman–Crippen LogP) is 5.03. The second kappa shape index (κ2) is 6.48. The Morgan fingerprint density at radius 1 is 1.04 bits per heavy atom. The van der Waals surface area contributed by atoms with Crippen LogP contribution in [0.1, 0.15) is 40.2 Å². The first-order chi connectivity index (χ1) is 11.4. The van der Waals surface area contributed by atoms with Crippen molar-refractivity contribution in [1.82, 2.24) is 5.32 Å². The maximum absolute atomic E-state index is 13.0. The van der Waals surface area contributed by atoms with E-state index in [9.17, 15) is 18.0 Å². The van der Waals surface area contributed by atoms with Crippen LogP contribution in [0.3, 0.4) is 0 Å². The van der Waals surface area contributed by atoms with Gasteiger partial charge >= 0.3 is 6.18 Å². The highest BCUT2D eigenvalue weighted by atomic mass is 35.5. The minimum Gasteiger partial charge on any atom is -0.349 e. The summed E-state index contributed by atoms with van der Waals surface area (Å²) in [6.07, 6.45) is -3.00. The normalized spacial score (nSPS) is 20.3. The lowest BCUT2D eigenvalue weighted by Crippen LogP contribution is -2.45. The number of hydrogen-bond acceptors (Lipinski definition) is 1. The molecule has 1 N–H and O–H groups in total. The molecule has 2 aromatic rings. The van der Waals surface area contributed by atoms with Crippen molar-refractivity contribution in [2.45, 2.75) is 31.0 Å². The molecule has 0 aliphatic heterocycles. The van der Waals surface area contributed by atoms with Gasteiger partial charge in [-0.1, -0.05) is 41.9 Å². The highest BCUT2D eigenvalue weighted by Crippen LogP contribution is 2.40. The van der Waals surface area contributed by atoms with Gasteiger partial charge in [-0.2, -0.15) is 13.2 Å². The molecule has 2 atom stereocenters. The molecule has 0 heterocycles. The minimum absolute atomic E-state index is 0.0284. The number of benzene rings is 2. The molecule has 1 saturated carbocycles. The van der Waals surface area contributed by atoms with E-state index in [1.165, 1.54) is 18.2 Å². The van der Waals surface area contributed by atoms with Crippen LogP contribution in [0.15, 0.2) is 48.5 Å². The summed E-state index contributed by atoms with van der Waals surface area (Å²) in [6.45, 7) is 0. The molecule has 24 heavy (non-hydrogen) atoms. The summed E-state index contributed by atoms with van der Waals surface area (Å²) >= 11 is 6.17. The van der Waals surface area contributed by atoms with Crippen molar-refractivity contribution in [3.8, 4) is 0 Å². The van der Waals surface area contributed by atoms with Crippen LogP contribution in [0.5, 0.6) is 0 Å². The SMILES string of the molecule is O=C(N[C@@H]1CC[C@@H]1c1ccccc1Cl)c1ccccc1C(F)(F)F. The molecule has 1 amide bonds. The van der Waals surface area contributed by atoms with Gasteiger partial charge in [0.05, 0.1) is 11.1 Å². The average Bonchev–Trinajstić information content (AvgIpc) is 2.52. The molecule has 1 fully saturated rings. The van der Waals surface area contributed by atoms with Gasteiger partial charge in [0.2, 0.25) is 0 Å². The van der Waals surface area contributed by atoms with Crippen LogP contribution in [-0.2, 0) is 6.18 Å². The first-order valence-electron chi connectivity index (χ1n) is 7.59. The summed E-state index contributed by atoms with van der Waals surface area (Å²) < 4.78 is 39.1. The number of rotatable bonds is 3.